The minimum Gasteiger partial charge on any atom is -0.497 e. The molecular weight excluding hydrogens is 440 g/mol. The monoisotopic (exact) mass is 472 g/mol. The number of hydrogen-bond acceptors (Lipinski definition) is 6. The summed E-state index contributed by atoms with van der Waals surface area (Å²) in [7, 11) is 3.05. The number of methoxy groups -OCH3 is 2. The first-order valence-electron chi connectivity index (χ1n) is 11.8. The van der Waals surface area contributed by atoms with Crippen molar-refractivity contribution in [2.24, 2.45) is 11.8 Å². The molecule has 3 fully saturated rings. The third-order valence-electron chi connectivity index (χ3n) is 7.26. The van der Waals surface area contributed by atoms with E-state index in [1.165, 1.54) is 14.2 Å². The van der Waals surface area contributed by atoms with Gasteiger partial charge >= 0.3 is 6.03 Å². The van der Waals surface area contributed by atoms with Crippen LogP contribution in [0.5, 0.6) is 11.5 Å². The van der Waals surface area contributed by atoms with Gasteiger partial charge in [-0.05, 0) is 56.6 Å². The number of hydrogen-bond donors (Lipinski definition) is 2. The molecule has 1 aliphatic carbocycles. The van der Waals surface area contributed by atoms with Gasteiger partial charge in [0.1, 0.15) is 17.0 Å². The van der Waals surface area contributed by atoms with Crippen LogP contribution >= 0.6 is 0 Å². The Morgan fingerprint density at radius 1 is 1.00 bits per heavy atom. The fourth-order valence-corrected chi connectivity index (χ4v) is 4.98. The van der Waals surface area contributed by atoms with E-state index in [1.807, 2.05) is 0 Å². The average Bonchev–Trinajstić information content (AvgIpc) is 3.09. The Bertz CT molecular complexity index is 957. The summed E-state index contributed by atoms with van der Waals surface area (Å²) in [4.78, 5) is 53.0. The number of piperidine rings is 1. The van der Waals surface area contributed by atoms with Crippen molar-refractivity contribution in [1.82, 2.24) is 20.7 Å². The third-order valence-corrected chi connectivity index (χ3v) is 7.26. The molecule has 10 nitrogen and oxygen atoms in total. The van der Waals surface area contributed by atoms with E-state index in [9.17, 15) is 19.2 Å². The van der Waals surface area contributed by atoms with Gasteiger partial charge in [0.05, 0.1) is 14.2 Å². The Balaban J connectivity index is 1.34. The second kappa shape index (κ2) is 9.52. The zero-order valence-corrected chi connectivity index (χ0v) is 19.9. The molecule has 0 bridgehead atoms. The van der Waals surface area contributed by atoms with Gasteiger partial charge in [0, 0.05) is 30.6 Å². The Morgan fingerprint density at radius 3 is 2.15 bits per heavy atom. The van der Waals surface area contributed by atoms with Crippen molar-refractivity contribution in [1.29, 1.82) is 0 Å². The van der Waals surface area contributed by atoms with Crippen LogP contribution in [0.4, 0.5) is 4.79 Å². The molecule has 0 radical (unpaired) electrons. The third kappa shape index (κ3) is 4.53. The van der Waals surface area contributed by atoms with E-state index in [0.717, 1.165) is 17.9 Å². The minimum atomic E-state index is -0.898. The zero-order valence-electron chi connectivity index (χ0n) is 19.9. The lowest BCUT2D eigenvalue weighted by Gasteiger charge is -2.34. The molecule has 0 atom stereocenters. The van der Waals surface area contributed by atoms with Crippen LogP contribution in [0.15, 0.2) is 18.2 Å². The Hall–Kier alpha value is -3.30. The van der Waals surface area contributed by atoms with Gasteiger partial charge in [0.15, 0.2) is 0 Å². The van der Waals surface area contributed by atoms with Crippen molar-refractivity contribution >= 4 is 23.8 Å². The summed E-state index contributed by atoms with van der Waals surface area (Å²) in [6.45, 7) is 2.91. The average molecular weight is 473 g/mol. The van der Waals surface area contributed by atoms with E-state index in [4.69, 9.17) is 9.47 Å². The molecule has 1 aromatic rings. The molecule has 2 saturated heterocycles. The smallest absolute Gasteiger partial charge is 0.344 e. The van der Waals surface area contributed by atoms with Crippen molar-refractivity contribution in [2.45, 2.75) is 51.0 Å². The summed E-state index contributed by atoms with van der Waals surface area (Å²) in [6.07, 6.45) is 3.76. The van der Waals surface area contributed by atoms with E-state index >= 15 is 0 Å². The van der Waals surface area contributed by atoms with Gasteiger partial charge in [0.25, 0.3) is 11.8 Å². The lowest BCUT2D eigenvalue weighted by molar-refractivity contribution is -0.142. The normalized spacial score (nSPS) is 25.3. The van der Waals surface area contributed by atoms with Crippen LogP contribution in [0.1, 0.15) is 55.8 Å². The molecule has 2 aliphatic heterocycles. The molecule has 3 aliphatic rings. The van der Waals surface area contributed by atoms with Crippen molar-refractivity contribution in [3.63, 3.8) is 0 Å². The number of imide groups is 1. The molecule has 1 saturated carbocycles. The number of rotatable bonds is 5. The van der Waals surface area contributed by atoms with Crippen LogP contribution in [-0.4, -0.2) is 66.5 Å². The topological polar surface area (TPSA) is 117 Å². The number of carbonyl (C=O) groups is 4. The number of amides is 5. The van der Waals surface area contributed by atoms with E-state index in [-0.39, 0.29) is 17.7 Å². The maximum absolute atomic E-state index is 13.0. The quantitative estimate of drug-likeness (QED) is 0.634. The molecule has 184 valence electrons. The van der Waals surface area contributed by atoms with Gasteiger partial charge in [-0.1, -0.05) is 6.92 Å². The van der Waals surface area contributed by atoms with E-state index in [0.29, 0.717) is 61.8 Å². The molecular formula is C24H32N4O6. The van der Waals surface area contributed by atoms with E-state index < -0.39 is 17.5 Å². The summed E-state index contributed by atoms with van der Waals surface area (Å²) in [5, 5.41) is 3.65. The molecule has 1 aromatic carbocycles. The Morgan fingerprint density at radius 2 is 1.59 bits per heavy atom. The molecule has 34 heavy (non-hydrogen) atoms. The lowest BCUT2D eigenvalue weighted by atomic mass is 9.77. The SMILES string of the molecule is COc1cc(OC)cc(C(=O)N2CCC(C(=O)NN3C(=O)NC4(CCC(C)CC4)C3=O)CC2)c1. The van der Waals surface area contributed by atoms with Gasteiger partial charge < -0.3 is 19.7 Å². The fraction of sp³-hybridized carbons (Fsp3) is 0.583. The maximum Gasteiger partial charge on any atom is 0.344 e. The zero-order chi connectivity index (χ0) is 24.5. The highest BCUT2D eigenvalue weighted by Gasteiger charge is 2.53. The van der Waals surface area contributed by atoms with Gasteiger partial charge in [-0.15, -0.1) is 0 Å². The highest BCUT2D eigenvalue weighted by molar-refractivity contribution is 6.08. The molecule has 5 amide bonds. The van der Waals surface area contributed by atoms with E-state index in [1.54, 1.807) is 23.1 Å². The van der Waals surface area contributed by atoms with Gasteiger partial charge in [-0.25, -0.2) is 4.79 Å². The molecule has 4 rings (SSSR count). The number of hydrazine groups is 1. The van der Waals surface area contributed by atoms with Crippen LogP contribution in [0.3, 0.4) is 0 Å². The van der Waals surface area contributed by atoms with Crippen LogP contribution in [0.2, 0.25) is 0 Å². The van der Waals surface area contributed by atoms with Crippen molar-refractivity contribution in [3.05, 3.63) is 23.8 Å². The van der Waals surface area contributed by atoms with Crippen molar-refractivity contribution in [2.75, 3.05) is 27.3 Å². The number of nitrogens with one attached hydrogen (secondary N) is 2. The van der Waals surface area contributed by atoms with Gasteiger partial charge in [-0.2, -0.15) is 5.01 Å². The standard InChI is InChI=1S/C24H32N4O6/c1-15-4-8-24(9-5-15)22(31)28(23(32)25-24)26-20(29)16-6-10-27(11-7-16)21(30)17-12-18(33-2)14-19(13-17)34-3/h12-16H,4-11H2,1-3H3,(H,25,32)(H,26,29). The second-order valence-electron chi connectivity index (χ2n) is 9.48. The van der Waals surface area contributed by atoms with Crippen molar-refractivity contribution < 1.29 is 28.7 Å². The largest absolute Gasteiger partial charge is 0.497 e. The van der Waals surface area contributed by atoms with Crippen LogP contribution in [0, 0.1) is 11.8 Å². The first-order valence-corrected chi connectivity index (χ1v) is 11.8. The van der Waals surface area contributed by atoms with Crippen molar-refractivity contribution in [3.8, 4) is 11.5 Å². The highest BCUT2D eigenvalue weighted by atomic mass is 16.5. The molecule has 1 spiro atoms. The summed E-state index contributed by atoms with van der Waals surface area (Å²) >= 11 is 0. The van der Waals surface area contributed by atoms with E-state index in [2.05, 4.69) is 17.7 Å². The number of carbonyl (C=O) groups excluding carboxylic acids is 4. The molecule has 2 heterocycles. The fourth-order valence-electron chi connectivity index (χ4n) is 4.98. The number of nitrogens with zero attached hydrogens (tertiary/aromatic N) is 2. The lowest BCUT2D eigenvalue weighted by Crippen LogP contribution is -2.53. The Labute approximate surface area is 198 Å². The first kappa shape index (κ1) is 23.8. The van der Waals surface area contributed by atoms with Gasteiger partial charge in [-0.3, -0.25) is 19.8 Å². The predicted octanol–water partition coefficient (Wildman–Crippen LogP) is 2.09. The summed E-state index contributed by atoms with van der Waals surface area (Å²) in [6, 6.07) is 4.43. The highest BCUT2D eigenvalue weighted by Crippen LogP contribution is 2.36. The Kier molecular flexibility index (Phi) is 6.67. The first-order chi connectivity index (χ1) is 16.3. The molecule has 0 aromatic heterocycles. The second-order valence-corrected chi connectivity index (χ2v) is 9.48. The van der Waals surface area contributed by atoms with Crippen LogP contribution in [-0.2, 0) is 9.59 Å². The summed E-state index contributed by atoms with van der Waals surface area (Å²) in [5.41, 5.74) is 2.08. The van der Waals surface area contributed by atoms with Gasteiger partial charge in [0.2, 0.25) is 5.91 Å². The van der Waals surface area contributed by atoms with Crippen LogP contribution < -0.4 is 20.2 Å². The van der Waals surface area contributed by atoms with Crippen LogP contribution in [0.25, 0.3) is 0 Å². The number of likely N-dealkylation sites (tertiary alicyclic amines) is 1. The maximum atomic E-state index is 13.0. The number of urea groups is 1. The number of benzene rings is 1. The summed E-state index contributed by atoms with van der Waals surface area (Å²) < 4.78 is 10.5. The minimum absolute atomic E-state index is 0.168. The predicted molar refractivity (Wildman–Crippen MR) is 122 cm³/mol. The molecule has 0 unspecified atom stereocenters. The molecule has 10 heteroatoms. The number of ether oxygens (including phenoxy) is 2. The summed E-state index contributed by atoms with van der Waals surface area (Å²) in [5.74, 6) is 0.250. The molecule has 2 N–H and O–H groups in total.